The van der Waals surface area contributed by atoms with E-state index in [0.717, 1.165) is 27.6 Å². The van der Waals surface area contributed by atoms with Crippen LogP contribution in [0.2, 0.25) is 0 Å². The van der Waals surface area contributed by atoms with E-state index in [9.17, 15) is 9.59 Å². The number of aromatic nitrogens is 3. The lowest BCUT2D eigenvalue weighted by Crippen LogP contribution is -2.40. The summed E-state index contributed by atoms with van der Waals surface area (Å²) in [5.74, 6) is 0.739. The van der Waals surface area contributed by atoms with E-state index in [4.69, 9.17) is 9.47 Å². The van der Waals surface area contributed by atoms with Crippen LogP contribution in [-0.4, -0.2) is 27.4 Å². The molecule has 0 aliphatic carbocycles. The molecular formula is C24H25N3O4S. The summed E-state index contributed by atoms with van der Waals surface area (Å²) in [6.07, 6.45) is -0.366. The average molecular weight is 452 g/mol. The van der Waals surface area contributed by atoms with Gasteiger partial charge in [-0.25, -0.2) is 4.79 Å². The van der Waals surface area contributed by atoms with Crippen LogP contribution in [0, 0.1) is 0 Å². The molecule has 4 aromatic rings. The van der Waals surface area contributed by atoms with Crippen molar-refractivity contribution in [1.82, 2.24) is 13.7 Å². The van der Waals surface area contributed by atoms with Crippen LogP contribution in [0.3, 0.4) is 0 Å². The zero-order valence-electron chi connectivity index (χ0n) is 18.7. The zero-order valence-corrected chi connectivity index (χ0v) is 19.5. The maximum atomic E-state index is 13.5. The fourth-order valence-electron chi connectivity index (χ4n) is 4.68. The quantitative estimate of drug-likeness (QED) is 0.477. The molecule has 1 aromatic carbocycles. The summed E-state index contributed by atoms with van der Waals surface area (Å²) in [5.41, 5.74) is 2.04. The first-order valence-electron chi connectivity index (χ1n) is 10.4. The summed E-state index contributed by atoms with van der Waals surface area (Å²) in [4.78, 5) is 27.5. The molecular weight excluding hydrogens is 426 g/mol. The van der Waals surface area contributed by atoms with Gasteiger partial charge in [-0.2, -0.15) is 0 Å². The van der Waals surface area contributed by atoms with Crippen LogP contribution in [0.15, 0.2) is 51.4 Å². The molecule has 0 bridgehead atoms. The average Bonchev–Trinajstić information content (AvgIpc) is 3.44. The van der Waals surface area contributed by atoms with Gasteiger partial charge in [-0.3, -0.25) is 13.9 Å². The summed E-state index contributed by atoms with van der Waals surface area (Å²) >= 11 is 1.60. The smallest absolute Gasteiger partial charge is 0.331 e. The molecule has 0 unspecified atom stereocenters. The Kier molecular flexibility index (Phi) is 4.69. The Morgan fingerprint density at radius 3 is 2.44 bits per heavy atom. The molecule has 0 saturated heterocycles. The molecule has 32 heavy (non-hydrogen) atoms. The number of ether oxygens (including phenoxy) is 2. The molecule has 5 rings (SSSR count). The minimum Gasteiger partial charge on any atom is -0.497 e. The summed E-state index contributed by atoms with van der Waals surface area (Å²) in [6.45, 7) is 4.66. The van der Waals surface area contributed by atoms with E-state index < -0.39 is 5.54 Å². The Morgan fingerprint density at radius 2 is 1.81 bits per heavy atom. The Bertz CT molecular complexity index is 1440. The summed E-state index contributed by atoms with van der Waals surface area (Å²) < 4.78 is 16.7. The van der Waals surface area contributed by atoms with Crippen LogP contribution in [0.1, 0.15) is 30.5 Å². The van der Waals surface area contributed by atoms with Crippen molar-refractivity contribution in [3.8, 4) is 17.0 Å². The fraction of sp³-hybridized carbons (Fsp3) is 0.333. The van der Waals surface area contributed by atoms with Crippen molar-refractivity contribution in [2.75, 3.05) is 13.7 Å². The van der Waals surface area contributed by atoms with E-state index in [0.29, 0.717) is 17.5 Å². The molecule has 7 nitrogen and oxygen atoms in total. The number of fused-ring (bicyclic) bond motifs is 3. The Morgan fingerprint density at radius 1 is 1.09 bits per heavy atom. The third-order valence-corrected chi connectivity index (χ3v) is 7.15. The standard InChI is InChI=1S/C24H25N3O4S/c1-24(2)13-31-21(16-7-6-12-32-16)20-19-17(22(28)26(4)23(29)25(19)3)18(27(20)24)14-8-10-15(30-5)11-9-14/h6-12,21H,13H2,1-5H3/t21-/m0/s1. The topological polar surface area (TPSA) is 67.4 Å². The molecule has 1 atom stereocenters. The van der Waals surface area contributed by atoms with Gasteiger partial charge in [0.25, 0.3) is 5.56 Å². The van der Waals surface area contributed by atoms with Gasteiger partial charge in [0.1, 0.15) is 11.9 Å². The molecule has 1 aliphatic rings. The molecule has 8 heteroatoms. The Hall–Kier alpha value is -3.10. The molecule has 4 heterocycles. The molecule has 1 aliphatic heterocycles. The van der Waals surface area contributed by atoms with Gasteiger partial charge < -0.3 is 14.0 Å². The number of hydrogen-bond acceptors (Lipinski definition) is 5. The molecule has 0 N–H and O–H groups in total. The van der Waals surface area contributed by atoms with Crippen LogP contribution in [0.25, 0.3) is 22.2 Å². The molecule has 0 spiro atoms. The first-order chi connectivity index (χ1) is 15.3. The van der Waals surface area contributed by atoms with Crippen molar-refractivity contribution in [1.29, 1.82) is 0 Å². The predicted octanol–water partition coefficient (Wildman–Crippen LogP) is 3.63. The highest BCUT2D eigenvalue weighted by atomic mass is 32.1. The van der Waals surface area contributed by atoms with Crippen molar-refractivity contribution in [3.05, 3.63) is 73.2 Å². The van der Waals surface area contributed by atoms with Crippen LogP contribution >= 0.6 is 11.3 Å². The van der Waals surface area contributed by atoms with Gasteiger partial charge in [-0.15, -0.1) is 11.3 Å². The first kappa shape index (κ1) is 20.8. The molecule has 0 radical (unpaired) electrons. The maximum absolute atomic E-state index is 13.5. The summed E-state index contributed by atoms with van der Waals surface area (Å²) in [6, 6.07) is 11.7. The molecule has 0 fully saturated rings. The lowest BCUT2D eigenvalue weighted by atomic mass is 10.0. The first-order valence-corrected chi connectivity index (χ1v) is 11.3. The lowest BCUT2D eigenvalue weighted by Gasteiger charge is -2.39. The van der Waals surface area contributed by atoms with Gasteiger partial charge >= 0.3 is 5.69 Å². The number of aryl methyl sites for hydroxylation is 1. The van der Waals surface area contributed by atoms with E-state index in [1.165, 1.54) is 11.6 Å². The third kappa shape index (κ3) is 2.83. The Labute approximate surface area is 189 Å². The van der Waals surface area contributed by atoms with Gasteiger partial charge in [0.2, 0.25) is 0 Å². The highest BCUT2D eigenvalue weighted by Crippen LogP contribution is 2.46. The van der Waals surface area contributed by atoms with Crippen molar-refractivity contribution in [2.24, 2.45) is 14.1 Å². The van der Waals surface area contributed by atoms with Crippen molar-refractivity contribution in [2.45, 2.75) is 25.5 Å². The zero-order chi connectivity index (χ0) is 22.8. The monoisotopic (exact) mass is 451 g/mol. The molecule has 0 saturated carbocycles. The number of rotatable bonds is 3. The number of thiophene rings is 1. The van der Waals surface area contributed by atoms with E-state index in [-0.39, 0.29) is 17.4 Å². The van der Waals surface area contributed by atoms with Crippen LogP contribution in [-0.2, 0) is 24.4 Å². The van der Waals surface area contributed by atoms with E-state index >= 15 is 0 Å². The summed E-state index contributed by atoms with van der Waals surface area (Å²) in [7, 11) is 4.87. The van der Waals surface area contributed by atoms with Gasteiger partial charge in [0, 0.05) is 19.0 Å². The van der Waals surface area contributed by atoms with Gasteiger partial charge in [0.05, 0.1) is 41.5 Å². The largest absolute Gasteiger partial charge is 0.497 e. The van der Waals surface area contributed by atoms with E-state index in [1.54, 1.807) is 30.1 Å². The number of hydrogen-bond donors (Lipinski definition) is 0. The SMILES string of the molecule is COc1ccc(-c2c3c(=O)n(C)c(=O)n(C)c3c3n2C(C)(C)CO[C@H]3c2cccs2)cc1. The van der Waals surface area contributed by atoms with Crippen LogP contribution in [0.5, 0.6) is 5.75 Å². The van der Waals surface area contributed by atoms with Gasteiger partial charge in [-0.1, -0.05) is 6.07 Å². The minimum atomic E-state index is -0.432. The van der Waals surface area contributed by atoms with Crippen LogP contribution < -0.4 is 16.0 Å². The predicted molar refractivity (Wildman–Crippen MR) is 126 cm³/mol. The maximum Gasteiger partial charge on any atom is 0.331 e. The van der Waals surface area contributed by atoms with Gasteiger partial charge in [0.15, 0.2) is 0 Å². The van der Waals surface area contributed by atoms with Crippen LogP contribution in [0.4, 0.5) is 0 Å². The fourth-order valence-corrected chi connectivity index (χ4v) is 5.45. The second-order valence-electron chi connectivity index (χ2n) is 8.75. The van der Waals surface area contributed by atoms with Gasteiger partial charge in [-0.05, 0) is 55.1 Å². The second kappa shape index (κ2) is 7.21. The lowest BCUT2D eigenvalue weighted by molar-refractivity contribution is -0.00545. The Balaban J connectivity index is 2.00. The molecule has 166 valence electrons. The molecule has 0 amide bonds. The van der Waals surface area contributed by atoms with E-state index in [2.05, 4.69) is 18.4 Å². The van der Waals surface area contributed by atoms with E-state index in [1.807, 2.05) is 41.8 Å². The molecule has 3 aromatic heterocycles. The third-order valence-electron chi connectivity index (χ3n) is 6.23. The highest BCUT2D eigenvalue weighted by Gasteiger charge is 2.40. The minimum absolute atomic E-state index is 0.309. The summed E-state index contributed by atoms with van der Waals surface area (Å²) in [5, 5.41) is 2.53. The van der Waals surface area contributed by atoms with Crippen molar-refractivity contribution >= 4 is 22.2 Å². The number of nitrogens with zero attached hydrogens (tertiary/aromatic N) is 3. The number of methoxy groups -OCH3 is 1. The highest BCUT2D eigenvalue weighted by molar-refractivity contribution is 7.10. The van der Waals surface area contributed by atoms with Crippen molar-refractivity contribution < 1.29 is 9.47 Å². The normalized spacial score (nSPS) is 17.5. The van der Waals surface area contributed by atoms with Crippen molar-refractivity contribution in [3.63, 3.8) is 0 Å². The number of benzene rings is 1. The second-order valence-corrected chi connectivity index (χ2v) is 9.73.